The van der Waals surface area contributed by atoms with E-state index in [1.165, 1.54) is 44.6 Å². The molecule has 0 atom stereocenters. The number of hydrogen-bond donors (Lipinski definition) is 0. The summed E-state index contributed by atoms with van der Waals surface area (Å²) in [5.74, 6) is 0.625. The molecule has 0 aromatic heterocycles. The SMILES string of the molecule is CCCCCCCCCOc1ccccc1C=CC(C)=C/C=C/C(C)=C/C(=O)OCC. The molecular weight excluding hydrogens is 384 g/mol. The Balaban J connectivity index is 2.51. The van der Waals surface area contributed by atoms with Crippen molar-refractivity contribution in [3.63, 3.8) is 0 Å². The van der Waals surface area contributed by atoms with Gasteiger partial charge in [-0.3, -0.25) is 0 Å². The van der Waals surface area contributed by atoms with E-state index >= 15 is 0 Å². The Labute approximate surface area is 189 Å². The summed E-state index contributed by atoms with van der Waals surface area (Å²) < 4.78 is 10.9. The standard InChI is InChI=1S/C28H40O3/c1-5-7-8-9-10-11-14-22-31-27-19-13-12-18-26(27)21-20-24(3)16-15-17-25(4)23-28(29)30-6-2/h12-13,15-21,23H,5-11,14,22H2,1-4H3/b17-15+,21-20?,24-16?,25-23+. The number of benzene rings is 1. The van der Waals surface area contributed by atoms with Crippen molar-refractivity contribution >= 4 is 12.0 Å². The lowest BCUT2D eigenvalue weighted by atomic mass is 10.1. The van der Waals surface area contributed by atoms with Crippen molar-refractivity contribution < 1.29 is 14.3 Å². The van der Waals surface area contributed by atoms with E-state index in [0.29, 0.717) is 6.61 Å². The number of esters is 1. The Morgan fingerprint density at radius 2 is 1.61 bits per heavy atom. The van der Waals surface area contributed by atoms with Crippen LogP contribution in [0, 0.1) is 0 Å². The highest BCUT2D eigenvalue weighted by Gasteiger charge is 2.00. The van der Waals surface area contributed by atoms with Crippen LogP contribution in [0.5, 0.6) is 5.75 Å². The number of para-hydroxylation sites is 1. The summed E-state index contributed by atoms with van der Waals surface area (Å²) in [6, 6.07) is 8.15. The molecule has 3 nitrogen and oxygen atoms in total. The van der Waals surface area contributed by atoms with E-state index in [9.17, 15) is 4.79 Å². The van der Waals surface area contributed by atoms with Gasteiger partial charge in [0.1, 0.15) is 5.75 Å². The largest absolute Gasteiger partial charge is 0.493 e. The van der Waals surface area contributed by atoms with Crippen LogP contribution in [0.2, 0.25) is 0 Å². The van der Waals surface area contributed by atoms with Crippen LogP contribution in [-0.2, 0) is 9.53 Å². The monoisotopic (exact) mass is 424 g/mol. The van der Waals surface area contributed by atoms with E-state index < -0.39 is 0 Å². The van der Waals surface area contributed by atoms with E-state index in [4.69, 9.17) is 9.47 Å². The fraction of sp³-hybridized carbons (Fsp3) is 0.464. The van der Waals surface area contributed by atoms with Gasteiger partial charge in [-0.15, -0.1) is 0 Å². The minimum Gasteiger partial charge on any atom is -0.493 e. The second kappa shape index (κ2) is 17.2. The molecule has 0 saturated carbocycles. The number of hydrogen-bond acceptors (Lipinski definition) is 3. The lowest BCUT2D eigenvalue weighted by Gasteiger charge is -2.09. The van der Waals surface area contributed by atoms with Crippen LogP contribution < -0.4 is 4.74 Å². The summed E-state index contributed by atoms with van der Waals surface area (Å²) in [6.07, 6.45) is 20.5. The number of ether oxygens (including phenoxy) is 2. The molecule has 0 spiro atoms. The number of carbonyl (C=O) groups is 1. The lowest BCUT2D eigenvalue weighted by molar-refractivity contribution is -0.137. The molecule has 0 aliphatic rings. The molecular formula is C28H40O3. The summed E-state index contributed by atoms with van der Waals surface area (Å²) >= 11 is 0. The van der Waals surface area contributed by atoms with Crippen LogP contribution in [0.15, 0.2) is 65.8 Å². The normalized spacial score (nSPS) is 12.6. The number of unbranched alkanes of at least 4 members (excludes halogenated alkanes) is 6. The Morgan fingerprint density at radius 1 is 0.903 bits per heavy atom. The molecule has 0 heterocycles. The smallest absolute Gasteiger partial charge is 0.330 e. The van der Waals surface area contributed by atoms with Crippen molar-refractivity contribution in [2.45, 2.75) is 72.6 Å². The fourth-order valence-electron chi connectivity index (χ4n) is 3.04. The average Bonchev–Trinajstić information content (AvgIpc) is 2.75. The first-order chi connectivity index (χ1) is 15.1. The first-order valence-electron chi connectivity index (χ1n) is 11.7. The van der Waals surface area contributed by atoms with Gasteiger partial charge in [-0.1, -0.05) is 99.6 Å². The zero-order chi connectivity index (χ0) is 22.7. The van der Waals surface area contributed by atoms with Crippen LogP contribution >= 0.6 is 0 Å². The van der Waals surface area contributed by atoms with Crippen LogP contribution in [0.4, 0.5) is 0 Å². The van der Waals surface area contributed by atoms with Gasteiger partial charge in [-0.25, -0.2) is 4.79 Å². The molecule has 3 heteroatoms. The van der Waals surface area contributed by atoms with Crippen molar-refractivity contribution in [1.29, 1.82) is 0 Å². The van der Waals surface area contributed by atoms with Crippen LogP contribution in [-0.4, -0.2) is 19.2 Å². The summed E-state index contributed by atoms with van der Waals surface area (Å²) in [7, 11) is 0. The average molecular weight is 425 g/mol. The van der Waals surface area contributed by atoms with Crippen molar-refractivity contribution in [2.24, 2.45) is 0 Å². The Hall–Kier alpha value is -2.55. The molecule has 0 aliphatic heterocycles. The van der Waals surface area contributed by atoms with Crippen molar-refractivity contribution in [1.82, 2.24) is 0 Å². The Morgan fingerprint density at radius 3 is 2.35 bits per heavy atom. The van der Waals surface area contributed by atoms with Gasteiger partial charge in [0.2, 0.25) is 0 Å². The van der Waals surface area contributed by atoms with Gasteiger partial charge >= 0.3 is 5.97 Å². The molecule has 170 valence electrons. The summed E-state index contributed by atoms with van der Waals surface area (Å²) in [5, 5.41) is 0. The molecule has 0 radical (unpaired) electrons. The second-order valence-corrected chi connectivity index (χ2v) is 7.75. The molecule has 1 aromatic rings. The van der Waals surface area contributed by atoms with Crippen molar-refractivity contribution in [2.75, 3.05) is 13.2 Å². The van der Waals surface area contributed by atoms with E-state index in [1.807, 2.05) is 50.3 Å². The molecule has 0 aliphatic carbocycles. The highest BCUT2D eigenvalue weighted by Crippen LogP contribution is 2.21. The van der Waals surface area contributed by atoms with E-state index in [-0.39, 0.29) is 5.97 Å². The lowest BCUT2D eigenvalue weighted by Crippen LogP contribution is -1.99. The highest BCUT2D eigenvalue weighted by atomic mass is 16.5. The fourth-order valence-corrected chi connectivity index (χ4v) is 3.04. The van der Waals surface area contributed by atoms with Crippen molar-refractivity contribution in [3.05, 3.63) is 71.4 Å². The minimum absolute atomic E-state index is 0.307. The van der Waals surface area contributed by atoms with Gasteiger partial charge in [0.15, 0.2) is 0 Å². The summed E-state index contributed by atoms with van der Waals surface area (Å²) in [5.41, 5.74) is 3.05. The van der Waals surface area contributed by atoms with Crippen molar-refractivity contribution in [3.8, 4) is 5.75 Å². The minimum atomic E-state index is -0.307. The third-order valence-corrected chi connectivity index (χ3v) is 4.80. The third kappa shape index (κ3) is 13.4. The molecule has 0 saturated heterocycles. The molecule has 0 amide bonds. The maximum atomic E-state index is 11.4. The molecule has 1 rings (SSSR count). The number of allylic oxidation sites excluding steroid dienone is 6. The predicted molar refractivity (Wildman–Crippen MR) is 132 cm³/mol. The van der Waals surface area contributed by atoms with Crippen LogP contribution in [0.1, 0.15) is 78.2 Å². The van der Waals surface area contributed by atoms with E-state index in [1.54, 1.807) is 6.92 Å². The molecule has 0 N–H and O–H groups in total. The van der Waals surface area contributed by atoms with Gasteiger partial charge < -0.3 is 9.47 Å². The van der Waals surface area contributed by atoms with Gasteiger partial charge in [0, 0.05) is 11.6 Å². The topological polar surface area (TPSA) is 35.5 Å². The van der Waals surface area contributed by atoms with Gasteiger partial charge in [0.25, 0.3) is 0 Å². The molecule has 0 unspecified atom stereocenters. The maximum Gasteiger partial charge on any atom is 0.330 e. The van der Waals surface area contributed by atoms with E-state index in [0.717, 1.165) is 35.5 Å². The van der Waals surface area contributed by atoms with Gasteiger partial charge in [-0.05, 0) is 38.8 Å². The van der Waals surface area contributed by atoms with Crippen LogP contribution in [0.3, 0.4) is 0 Å². The molecule has 31 heavy (non-hydrogen) atoms. The Kier molecular flexibility index (Phi) is 14.7. The third-order valence-electron chi connectivity index (χ3n) is 4.80. The van der Waals surface area contributed by atoms with E-state index in [2.05, 4.69) is 25.1 Å². The molecule has 0 fully saturated rings. The number of carbonyl (C=O) groups excluding carboxylic acids is 1. The van der Waals surface area contributed by atoms with Gasteiger partial charge in [-0.2, -0.15) is 0 Å². The first-order valence-corrected chi connectivity index (χ1v) is 11.7. The zero-order valence-electron chi connectivity index (χ0n) is 19.9. The summed E-state index contributed by atoms with van der Waals surface area (Å²) in [6.45, 7) is 9.13. The quantitative estimate of drug-likeness (QED) is 0.124. The highest BCUT2D eigenvalue weighted by molar-refractivity contribution is 5.83. The predicted octanol–water partition coefficient (Wildman–Crippen LogP) is 7.84. The van der Waals surface area contributed by atoms with Gasteiger partial charge in [0.05, 0.1) is 13.2 Å². The zero-order valence-corrected chi connectivity index (χ0v) is 19.9. The number of rotatable bonds is 15. The summed E-state index contributed by atoms with van der Waals surface area (Å²) in [4.78, 5) is 11.4. The first kappa shape index (κ1) is 26.5. The van der Waals surface area contributed by atoms with Crippen LogP contribution in [0.25, 0.3) is 6.08 Å². The second-order valence-electron chi connectivity index (χ2n) is 7.75. The maximum absolute atomic E-state index is 11.4. The molecule has 1 aromatic carbocycles. The molecule has 0 bridgehead atoms. The Bertz CT molecular complexity index is 753.